The number of aromatic nitrogens is 2. The Morgan fingerprint density at radius 2 is 2.04 bits per heavy atom. The molecule has 0 unspecified atom stereocenters. The number of nitrogens with two attached hydrogens (primary N) is 1. The molecule has 2 rings (SSSR count). The summed E-state index contributed by atoms with van der Waals surface area (Å²) in [5.41, 5.74) is 6.86. The fourth-order valence-electron chi connectivity index (χ4n) is 2.30. The molecular formula is C17H22N4O3. The molecule has 0 bridgehead atoms. The Labute approximate surface area is 140 Å². The van der Waals surface area contributed by atoms with Crippen LogP contribution in [-0.4, -0.2) is 34.7 Å². The van der Waals surface area contributed by atoms with E-state index < -0.39 is 11.8 Å². The summed E-state index contributed by atoms with van der Waals surface area (Å²) in [7, 11) is 1.73. The smallest absolute Gasteiger partial charge is 0.254 e. The fraction of sp³-hybridized carbons (Fsp3) is 0.353. The number of ether oxygens (including phenoxy) is 1. The molecule has 0 saturated carbocycles. The maximum atomic E-state index is 12.0. The van der Waals surface area contributed by atoms with Gasteiger partial charge in [-0.15, -0.1) is 0 Å². The molecule has 1 aromatic heterocycles. The summed E-state index contributed by atoms with van der Waals surface area (Å²) in [6.07, 6.45) is 3.54. The number of aryl methyl sites for hydroxylation is 1. The third kappa shape index (κ3) is 4.84. The van der Waals surface area contributed by atoms with Crippen molar-refractivity contribution in [3.63, 3.8) is 0 Å². The molecule has 0 radical (unpaired) electrons. The van der Waals surface area contributed by atoms with E-state index in [0.717, 1.165) is 11.3 Å². The van der Waals surface area contributed by atoms with Crippen LogP contribution in [0.5, 0.6) is 5.75 Å². The van der Waals surface area contributed by atoms with Gasteiger partial charge >= 0.3 is 0 Å². The molecule has 1 atom stereocenters. The monoisotopic (exact) mass is 330 g/mol. The number of primary amides is 1. The molecule has 7 heteroatoms. The van der Waals surface area contributed by atoms with Crippen LogP contribution in [0.15, 0.2) is 36.7 Å². The molecule has 2 amide bonds. The minimum Gasteiger partial charge on any atom is -0.494 e. The number of nitrogens with one attached hydrogen (secondary N) is 1. The summed E-state index contributed by atoms with van der Waals surface area (Å²) in [5, 5.41) is 6.67. The first-order valence-electron chi connectivity index (χ1n) is 7.77. The Kier molecular flexibility index (Phi) is 5.95. The number of carbonyl (C=O) groups excluding carboxylic acids is 2. The molecule has 24 heavy (non-hydrogen) atoms. The van der Waals surface area contributed by atoms with E-state index in [4.69, 9.17) is 10.5 Å². The number of amides is 2. The third-order valence-corrected chi connectivity index (χ3v) is 3.59. The number of hydrogen-bond donors (Lipinski definition) is 2. The zero-order valence-corrected chi connectivity index (χ0v) is 13.9. The van der Waals surface area contributed by atoms with Crippen LogP contribution < -0.4 is 15.8 Å². The Balaban J connectivity index is 1.94. The zero-order valence-electron chi connectivity index (χ0n) is 13.9. The molecule has 3 N–H and O–H groups in total. The molecule has 2 aromatic rings. The van der Waals surface area contributed by atoms with Crippen molar-refractivity contribution in [3.8, 4) is 5.75 Å². The van der Waals surface area contributed by atoms with Gasteiger partial charge in [-0.05, 0) is 31.0 Å². The summed E-state index contributed by atoms with van der Waals surface area (Å²) in [4.78, 5) is 23.7. The van der Waals surface area contributed by atoms with Crippen molar-refractivity contribution in [3.05, 3.63) is 47.8 Å². The average Bonchev–Trinajstić information content (AvgIpc) is 2.99. The van der Waals surface area contributed by atoms with E-state index in [9.17, 15) is 9.59 Å². The van der Waals surface area contributed by atoms with Gasteiger partial charge in [-0.1, -0.05) is 12.1 Å². The lowest BCUT2D eigenvalue weighted by Gasteiger charge is -2.14. The van der Waals surface area contributed by atoms with E-state index >= 15 is 0 Å². The summed E-state index contributed by atoms with van der Waals surface area (Å²) in [6.45, 7) is 2.70. The lowest BCUT2D eigenvalue weighted by atomic mass is 9.98. The van der Waals surface area contributed by atoms with Crippen molar-refractivity contribution < 1.29 is 14.3 Å². The summed E-state index contributed by atoms with van der Waals surface area (Å²) in [6, 6.07) is 7.49. The molecule has 1 aromatic carbocycles. The standard InChI is InChI=1S/C17H22N4O3/c1-3-24-15-6-4-12(5-7-15)8-13(16(18)22)9-19-17(23)14-10-20-21(2)11-14/h4-7,10-11,13H,3,8-9H2,1-2H3,(H2,18,22)(H,19,23)/t13-/m1/s1. The van der Waals surface area contributed by atoms with Crippen LogP contribution in [0.3, 0.4) is 0 Å². The van der Waals surface area contributed by atoms with Crippen molar-refractivity contribution in [1.82, 2.24) is 15.1 Å². The van der Waals surface area contributed by atoms with Crippen molar-refractivity contribution in [2.24, 2.45) is 18.7 Å². The number of nitrogens with zero attached hydrogens (tertiary/aromatic N) is 2. The molecule has 0 fully saturated rings. The highest BCUT2D eigenvalue weighted by Crippen LogP contribution is 2.15. The van der Waals surface area contributed by atoms with E-state index in [0.29, 0.717) is 18.6 Å². The molecule has 0 aliphatic rings. The topological polar surface area (TPSA) is 99.2 Å². The molecule has 7 nitrogen and oxygen atoms in total. The second kappa shape index (κ2) is 8.14. The van der Waals surface area contributed by atoms with Crippen LogP contribution in [-0.2, 0) is 18.3 Å². The quantitative estimate of drug-likeness (QED) is 0.751. The highest BCUT2D eigenvalue weighted by Gasteiger charge is 2.18. The first kappa shape index (κ1) is 17.5. The van der Waals surface area contributed by atoms with E-state index in [1.165, 1.54) is 6.20 Å². The van der Waals surface area contributed by atoms with Gasteiger partial charge in [-0.2, -0.15) is 5.10 Å². The predicted octanol–water partition coefficient (Wildman–Crippen LogP) is 0.893. The van der Waals surface area contributed by atoms with Gasteiger partial charge in [-0.25, -0.2) is 0 Å². The van der Waals surface area contributed by atoms with Gasteiger partial charge in [0.2, 0.25) is 5.91 Å². The summed E-state index contributed by atoms with van der Waals surface area (Å²) >= 11 is 0. The molecule has 0 spiro atoms. The van der Waals surface area contributed by atoms with Gasteiger partial charge in [-0.3, -0.25) is 14.3 Å². The molecule has 0 aliphatic heterocycles. The van der Waals surface area contributed by atoms with Gasteiger partial charge in [0.25, 0.3) is 5.91 Å². The average molecular weight is 330 g/mol. The third-order valence-electron chi connectivity index (χ3n) is 3.59. The lowest BCUT2D eigenvalue weighted by molar-refractivity contribution is -0.121. The number of rotatable bonds is 8. The molecule has 0 aliphatic carbocycles. The van der Waals surface area contributed by atoms with E-state index in [1.54, 1.807) is 17.9 Å². The van der Waals surface area contributed by atoms with Crippen molar-refractivity contribution >= 4 is 11.8 Å². The van der Waals surface area contributed by atoms with Crippen LogP contribution in [0.25, 0.3) is 0 Å². The molecular weight excluding hydrogens is 308 g/mol. The van der Waals surface area contributed by atoms with Gasteiger partial charge in [0.15, 0.2) is 0 Å². The summed E-state index contributed by atoms with van der Waals surface area (Å²) in [5.74, 6) is -0.429. The van der Waals surface area contributed by atoms with E-state index in [1.807, 2.05) is 31.2 Å². The van der Waals surface area contributed by atoms with Crippen molar-refractivity contribution in [2.75, 3.05) is 13.2 Å². The molecule has 1 heterocycles. The van der Waals surface area contributed by atoms with Gasteiger partial charge < -0.3 is 15.8 Å². The predicted molar refractivity (Wildman–Crippen MR) is 89.5 cm³/mol. The van der Waals surface area contributed by atoms with Crippen LogP contribution in [0.1, 0.15) is 22.8 Å². The van der Waals surface area contributed by atoms with Crippen molar-refractivity contribution in [2.45, 2.75) is 13.3 Å². The Bertz CT molecular complexity index is 694. The largest absolute Gasteiger partial charge is 0.494 e. The van der Waals surface area contributed by atoms with Crippen LogP contribution in [0.4, 0.5) is 0 Å². The maximum Gasteiger partial charge on any atom is 0.254 e. The summed E-state index contributed by atoms with van der Waals surface area (Å²) < 4.78 is 6.93. The van der Waals surface area contributed by atoms with Gasteiger partial charge in [0, 0.05) is 19.8 Å². The Morgan fingerprint density at radius 3 is 2.58 bits per heavy atom. The van der Waals surface area contributed by atoms with Crippen molar-refractivity contribution in [1.29, 1.82) is 0 Å². The van der Waals surface area contributed by atoms with Crippen LogP contribution in [0.2, 0.25) is 0 Å². The Morgan fingerprint density at radius 1 is 1.33 bits per heavy atom. The Hall–Kier alpha value is -2.83. The zero-order chi connectivity index (χ0) is 17.5. The van der Waals surface area contributed by atoms with Crippen LogP contribution in [0, 0.1) is 5.92 Å². The first-order chi connectivity index (χ1) is 11.5. The maximum absolute atomic E-state index is 12.0. The van der Waals surface area contributed by atoms with Gasteiger partial charge in [0.1, 0.15) is 5.75 Å². The minimum atomic E-state index is -0.483. The minimum absolute atomic E-state index is 0.177. The normalized spacial score (nSPS) is 11.8. The molecule has 0 saturated heterocycles. The highest BCUT2D eigenvalue weighted by molar-refractivity contribution is 5.94. The first-order valence-corrected chi connectivity index (χ1v) is 7.77. The van der Waals surface area contributed by atoms with Gasteiger partial charge in [0.05, 0.1) is 24.3 Å². The van der Waals surface area contributed by atoms with Crippen LogP contribution >= 0.6 is 0 Å². The number of carbonyl (C=O) groups is 2. The number of benzene rings is 1. The number of hydrogen-bond acceptors (Lipinski definition) is 4. The van der Waals surface area contributed by atoms with E-state index in [2.05, 4.69) is 10.4 Å². The SMILES string of the molecule is CCOc1ccc(C[C@H](CNC(=O)c2cnn(C)c2)C(N)=O)cc1. The molecule has 128 valence electrons. The highest BCUT2D eigenvalue weighted by atomic mass is 16.5. The lowest BCUT2D eigenvalue weighted by Crippen LogP contribution is -2.37. The van der Waals surface area contributed by atoms with E-state index in [-0.39, 0.29) is 12.5 Å². The second-order valence-corrected chi connectivity index (χ2v) is 5.49. The fourth-order valence-corrected chi connectivity index (χ4v) is 2.30. The second-order valence-electron chi connectivity index (χ2n) is 5.49.